The molecule has 1 unspecified atom stereocenters. The van der Waals surface area contributed by atoms with Gasteiger partial charge >= 0.3 is 0 Å². The first-order chi connectivity index (χ1) is 15.5. The number of alkyl halides is 2. The van der Waals surface area contributed by atoms with Crippen LogP contribution < -0.4 is 10.4 Å². The van der Waals surface area contributed by atoms with E-state index in [1.165, 1.54) is 16.9 Å². The fourth-order valence-electron chi connectivity index (χ4n) is 4.32. The van der Waals surface area contributed by atoms with Crippen molar-refractivity contribution in [1.29, 1.82) is 0 Å². The van der Waals surface area contributed by atoms with Crippen LogP contribution >= 0.6 is 11.8 Å². The quantitative estimate of drug-likeness (QED) is 0.654. The van der Waals surface area contributed by atoms with Crippen LogP contribution in [-0.4, -0.2) is 40.2 Å². The van der Waals surface area contributed by atoms with Gasteiger partial charge in [-0.3, -0.25) is 19.3 Å². The highest BCUT2D eigenvalue weighted by Gasteiger charge is 2.39. The van der Waals surface area contributed by atoms with Gasteiger partial charge in [0.2, 0.25) is 5.43 Å². The van der Waals surface area contributed by atoms with Crippen LogP contribution in [0.4, 0.5) is 8.78 Å². The van der Waals surface area contributed by atoms with E-state index in [0.29, 0.717) is 0 Å². The number of pyridine rings is 1. The summed E-state index contributed by atoms with van der Waals surface area (Å²) in [6, 6.07) is 16.5. The maximum absolute atomic E-state index is 13.3. The molecule has 3 aromatic rings. The predicted octanol–water partition coefficient (Wildman–Crippen LogP) is 3.57. The molecule has 9 heteroatoms. The second-order valence-electron chi connectivity index (χ2n) is 7.65. The van der Waals surface area contributed by atoms with E-state index in [1.807, 2.05) is 48.5 Å². The molecule has 0 aliphatic carbocycles. The van der Waals surface area contributed by atoms with Crippen molar-refractivity contribution in [3.63, 3.8) is 0 Å². The summed E-state index contributed by atoms with van der Waals surface area (Å²) in [4.78, 5) is 27.1. The van der Waals surface area contributed by atoms with E-state index in [1.54, 1.807) is 16.8 Å². The van der Waals surface area contributed by atoms with Gasteiger partial charge in [-0.1, -0.05) is 42.5 Å². The van der Waals surface area contributed by atoms with Crippen LogP contribution in [-0.2, 0) is 5.75 Å². The second kappa shape index (κ2) is 7.98. The average molecular weight is 455 g/mol. The molecule has 2 aliphatic heterocycles. The molecule has 0 saturated carbocycles. The van der Waals surface area contributed by atoms with Gasteiger partial charge in [0.15, 0.2) is 11.4 Å². The Bertz CT molecular complexity index is 1220. The normalized spacial score (nSPS) is 17.6. The smallest absolute Gasteiger partial charge is 0.278 e. The topological polar surface area (TPSA) is 65.8 Å². The van der Waals surface area contributed by atoms with Crippen molar-refractivity contribution in [3.05, 3.63) is 93.4 Å². The fourth-order valence-corrected chi connectivity index (χ4v) is 5.41. The molecule has 164 valence electrons. The van der Waals surface area contributed by atoms with Crippen molar-refractivity contribution >= 4 is 17.7 Å². The van der Waals surface area contributed by atoms with Gasteiger partial charge in [0.25, 0.3) is 12.3 Å². The van der Waals surface area contributed by atoms with Crippen molar-refractivity contribution in [1.82, 2.24) is 9.58 Å². The van der Waals surface area contributed by atoms with Crippen LogP contribution in [0, 0.1) is 0 Å². The van der Waals surface area contributed by atoms with Crippen LogP contribution in [0.3, 0.4) is 0 Å². The van der Waals surface area contributed by atoms with Crippen molar-refractivity contribution in [3.8, 4) is 5.75 Å². The van der Waals surface area contributed by atoms with Gasteiger partial charge in [-0.2, -0.15) is 0 Å². The van der Waals surface area contributed by atoms with E-state index in [9.17, 15) is 23.5 Å². The van der Waals surface area contributed by atoms with E-state index in [2.05, 4.69) is 0 Å². The van der Waals surface area contributed by atoms with E-state index < -0.39 is 36.1 Å². The van der Waals surface area contributed by atoms with E-state index in [-0.39, 0.29) is 12.4 Å². The second-order valence-corrected chi connectivity index (χ2v) is 8.67. The van der Waals surface area contributed by atoms with Gasteiger partial charge in [0.1, 0.15) is 6.67 Å². The average Bonchev–Trinajstić information content (AvgIpc) is 2.94. The predicted molar refractivity (Wildman–Crippen MR) is 117 cm³/mol. The summed E-state index contributed by atoms with van der Waals surface area (Å²) in [7, 11) is 0. The lowest BCUT2D eigenvalue weighted by molar-refractivity contribution is 0.0470. The number of carbonyl (C=O) groups excluding carboxylic acids is 1. The minimum Gasteiger partial charge on any atom is -0.502 e. The lowest BCUT2D eigenvalue weighted by atomic mass is 9.94. The Morgan fingerprint density at radius 2 is 1.75 bits per heavy atom. The molecule has 1 N–H and O–H groups in total. The lowest BCUT2D eigenvalue weighted by Gasteiger charge is -2.44. The summed E-state index contributed by atoms with van der Waals surface area (Å²) in [5.41, 5.74) is 1.97. The summed E-state index contributed by atoms with van der Waals surface area (Å²) < 4.78 is 28.1. The number of nitrogens with zero attached hydrogens (tertiary/aromatic N) is 3. The molecule has 0 spiro atoms. The van der Waals surface area contributed by atoms with Gasteiger partial charge in [-0.15, -0.1) is 11.8 Å². The first-order valence-electron chi connectivity index (χ1n) is 10.0. The standard InChI is InChI=1S/C23H19F2N3O3S/c24-19(25)11-26-13-28(27-10-9-17(29)22(30)21(27)23(26)31)20-15-6-2-1-5-14(15)12-32-18-8-4-3-7-16(18)20/h1-10,19-20,30H,11-13H2. The summed E-state index contributed by atoms with van der Waals surface area (Å²) in [6.07, 6.45) is -1.34. The highest BCUT2D eigenvalue weighted by Crippen LogP contribution is 2.42. The Balaban J connectivity index is 1.76. The number of thioether (sulfide) groups is 1. The SMILES string of the molecule is O=C1c2c(O)c(=O)ccn2N(C2c3ccccc3CSc3ccccc32)CN1CC(F)F. The minimum atomic E-state index is -2.76. The van der Waals surface area contributed by atoms with Crippen LogP contribution in [0.5, 0.6) is 5.75 Å². The minimum absolute atomic E-state index is 0.128. The molecule has 3 heterocycles. The lowest BCUT2D eigenvalue weighted by Crippen LogP contribution is -2.56. The van der Waals surface area contributed by atoms with Crippen molar-refractivity contribution < 1.29 is 18.7 Å². The van der Waals surface area contributed by atoms with Crippen LogP contribution in [0.15, 0.2) is 70.5 Å². The molecule has 1 amide bonds. The van der Waals surface area contributed by atoms with Gasteiger partial charge in [-0.25, -0.2) is 8.78 Å². The molecule has 1 atom stereocenters. The van der Waals surface area contributed by atoms with Gasteiger partial charge in [-0.05, 0) is 22.8 Å². The zero-order chi connectivity index (χ0) is 22.4. The van der Waals surface area contributed by atoms with Crippen LogP contribution in [0.2, 0.25) is 0 Å². The Labute approximate surface area is 186 Å². The molecule has 6 nitrogen and oxygen atoms in total. The largest absolute Gasteiger partial charge is 0.502 e. The number of aromatic hydroxyl groups is 1. The molecule has 0 fully saturated rings. The highest BCUT2D eigenvalue weighted by molar-refractivity contribution is 7.98. The number of aromatic nitrogens is 1. The zero-order valence-electron chi connectivity index (χ0n) is 16.8. The van der Waals surface area contributed by atoms with E-state index in [4.69, 9.17) is 0 Å². The summed E-state index contributed by atoms with van der Waals surface area (Å²) >= 11 is 1.68. The Kier molecular flexibility index (Phi) is 5.13. The number of hydrogen-bond acceptors (Lipinski definition) is 5. The molecule has 2 aromatic carbocycles. The molecular weight excluding hydrogens is 436 g/mol. The van der Waals surface area contributed by atoms with Gasteiger partial charge in [0.05, 0.1) is 12.6 Å². The van der Waals surface area contributed by atoms with Gasteiger partial charge < -0.3 is 10.0 Å². The molecular formula is C23H19F2N3O3S. The monoisotopic (exact) mass is 455 g/mol. The Hall–Kier alpha value is -3.33. The Morgan fingerprint density at radius 1 is 1.03 bits per heavy atom. The first-order valence-corrected chi connectivity index (χ1v) is 11.0. The molecule has 32 heavy (non-hydrogen) atoms. The van der Waals surface area contributed by atoms with Crippen LogP contribution in [0.1, 0.15) is 33.2 Å². The van der Waals surface area contributed by atoms with Crippen molar-refractivity contribution in [2.45, 2.75) is 23.1 Å². The molecule has 5 rings (SSSR count). The number of carbonyl (C=O) groups is 1. The summed E-state index contributed by atoms with van der Waals surface area (Å²) in [6.45, 7) is -0.931. The fraction of sp³-hybridized carbons (Fsp3) is 0.217. The maximum Gasteiger partial charge on any atom is 0.278 e. The van der Waals surface area contributed by atoms with Crippen molar-refractivity contribution in [2.75, 3.05) is 18.2 Å². The number of halogens is 2. The number of hydrogen-bond donors (Lipinski definition) is 1. The molecule has 0 saturated heterocycles. The number of fused-ring (bicyclic) bond motifs is 3. The number of rotatable bonds is 3. The Morgan fingerprint density at radius 3 is 2.53 bits per heavy atom. The molecule has 0 radical (unpaired) electrons. The van der Waals surface area contributed by atoms with E-state index >= 15 is 0 Å². The third kappa shape index (κ3) is 3.33. The summed E-state index contributed by atoms with van der Waals surface area (Å²) in [5.74, 6) is -0.813. The van der Waals surface area contributed by atoms with Crippen LogP contribution in [0.25, 0.3) is 0 Å². The zero-order valence-corrected chi connectivity index (χ0v) is 17.6. The summed E-state index contributed by atoms with van der Waals surface area (Å²) in [5, 5.41) is 12.2. The molecule has 2 aliphatic rings. The van der Waals surface area contributed by atoms with Crippen molar-refractivity contribution in [2.24, 2.45) is 0 Å². The highest BCUT2D eigenvalue weighted by atomic mass is 32.2. The third-order valence-corrected chi connectivity index (χ3v) is 6.88. The first kappa shape index (κ1) is 20.6. The number of amides is 1. The number of benzene rings is 2. The van der Waals surface area contributed by atoms with E-state index in [0.717, 1.165) is 32.2 Å². The van der Waals surface area contributed by atoms with Gasteiger partial charge in [0, 0.05) is 22.9 Å². The third-order valence-electron chi connectivity index (χ3n) is 5.74. The maximum atomic E-state index is 13.3. The molecule has 1 aromatic heterocycles. The molecule has 0 bridgehead atoms.